The number of likely N-dealkylation sites (tertiary alicyclic amines) is 1. The third-order valence-corrected chi connectivity index (χ3v) is 3.96. The Bertz CT molecular complexity index is 748. The first-order chi connectivity index (χ1) is 12.1. The van der Waals surface area contributed by atoms with Gasteiger partial charge in [0.2, 0.25) is 5.91 Å². The molecule has 2 aromatic rings. The molecule has 0 saturated carbocycles. The Kier molecular flexibility index (Phi) is 5.23. The fourth-order valence-electron chi connectivity index (χ4n) is 2.47. The highest BCUT2D eigenvalue weighted by atomic mass is 19.1. The summed E-state index contributed by atoms with van der Waals surface area (Å²) >= 11 is 0. The van der Waals surface area contributed by atoms with Gasteiger partial charge in [-0.15, -0.1) is 0 Å². The molecule has 1 aliphatic heterocycles. The molecule has 3 rings (SSSR count). The van der Waals surface area contributed by atoms with Crippen LogP contribution in [0, 0.1) is 11.7 Å². The van der Waals surface area contributed by atoms with Crippen LogP contribution in [0.2, 0.25) is 0 Å². The van der Waals surface area contributed by atoms with Gasteiger partial charge in [-0.25, -0.2) is 4.39 Å². The number of ether oxygens (including phenoxy) is 1. The van der Waals surface area contributed by atoms with E-state index in [1.54, 1.807) is 18.3 Å². The van der Waals surface area contributed by atoms with Crippen LogP contribution >= 0.6 is 0 Å². The van der Waals surface area contributed by atoms with Crippen molar-refractivity contribution in [1.82, 2.24) is 15.2 Å². The number of nitrogens with zero attached hydrogens (tertiary/aromatic N) is 2. The van der Waals surface area contributed by atoms with Crippen LogP contribution in [0.1, 0.15) is 5.69 Å². The molecular formula is C18H18FN3O3. The standard InChI is InChI=1S/C18H18FN3O3/c19-15-6-1-2-7-16(15)25-12-17(23)22-10-13(11-22)18(24)21-9-14-5-3-4-8-20-14/h1-8,13H,9-12H2,(H,21,24). The third-order valence-electron chi connectivity index (χ3n) is 3.96. The summed E-state index contributed by atoms with van der Waals surface area (Å²) in [4.78, 5) is 29.7. The van der Waals surface area contributed by atoms with E-state index in [-0.39, 0.29) is 30.1 Å². The van der Waals surface area contributed by atoms with Gasteiger partial charge >= 0.3 is 0 Å². The normalized spacial score (nSPS) is 13.9. The molecule has 1 N–H and O–H groups in total. The predicted octanol–water partition coefficient (Wildman–Crippen LogP) is 1.37. The van der Waals surface area contributed by atoms with Gasteiger partial charge in [-0.05, 0) is 24.3 Å². The summed E-state index contributed by atoms with van der Waals surface area (Å²) in [5.41, 5.74) is 0.779. The number of carbonyl (C=O) groups excluding carboxylic acids is 2. The van der Waals surface area contributed by atoms with Gasteiger partial charge in [-0.1, -0.05) is 18.2 Å². The Balaban J connectivity index is 1.39. The summed E-state index contributed by atoms with van der Waals surface area (Å²) in [6, 6.07) is 11.4. The minimum absolute atomic E-state index is 0.0426. The fourth-order valence-corrected chi connectivity index (χ4v) is 2.47. The average Bonchev–Trinajstić information content (AvgIpc) is 2.59. The zero-order chi connectivity index (χ0) is 17.6. The van der Waals surface area contributed by atoms with E-state index in [1.165, 1.54) is 17.0 Å². The highest BCUT2D eigenvalue weighted by molar-refractivity contribution is 5.85. The maximum absolute atomic E-state index is 13.4. The van der Waals surface area contributed by atoms with Gasteiger partial charge in [0, 0.05) is 19.3 Å². The maximum Gasteiger partial charge on any atom is 0.260 e. The Hall–Kier alpha value is -2.96. The number of hydrogen-bond donors (Lipinski definition) is 1. The quantitative estimate of drug-likeness (QED) is 0.860. The summed E-state index contributed by atoms with van der Waals surface area (Å²) in [5, 5.41) is 2.81. The Morgan fingerprint density at radius 2 is 1.96 bits per heavy atom. The molecule has 0 atom stereocenters. The zero-order valence-corrected chi connectivity index (χ0v) is 13.5. The number of pyridine rings is 1. The van der Waals surface area contributed by atoms with Crippen LogP contribution in [-0.2, 0) is 16.1 Å². The van der Waals surface area contributed by atoms with Crippen LogP contribution in [0.25, 0.3) is 0 Å². The lowest BCUT2D eigenvalue weighted by atomic mass is 9.99. The molecule has 0 spiro atoms. The molecule has 2 amide bonds. The molecule has 6 nitrogen and oxygen atoms in total. The highest BCUT2D eigenvalue weighted by Crippen LogP contribution is 2.18. The number of para-hydroxylation sites is 1. The molecule has 1 aromatic heterocycles. The lowest BCUT2D eigenvalue weighted by molar-refractivity contribution is -0.144. The van der Waals surface area contributed by atoms with Crippen LogP contribution in [0.15, 0.2) is 48.7 Å². The predicted molar refractivity (Wildman–Crippen MR) is 88.0 cm³/mol. The molecular weight excluding hydrogens is 325 g/mol. The van der Waals surface area contributed by atoms with E-state index in [4.69, 9.17) is 4.74 Å². The van der Waals surface area contributed by atoms with E-state index in [0.29, 0.717) is 19.6 Å². The molecule has 0 aliphatic carbocycles. The van der Waals surface area contributed by atoms with Gasteiger partial charge in [0.05, 0.1) is 18.2 Å². The third kappa shape index (κ3) is 4.32. The second-order valence-electron chi connectivity index (χ2n) is 5.75. The largest absolute Gasteiger partial charge is 0.481 e. The second kappa shape index (κ2) is 7.74. The Morgan fingerprint density at radius 3 is 2.68 bits per heavy atom. The maximum atomic E-state index is 13.4. The molecule has 1 saturated heterocycles. The number of carbonyl (C=O) groups is 2. The van der Waals surface area contributed by atoms with E-state index in [9.17, 15) is 14.0 Å². The first-order valence-electron chi connectivity index (χ1n) is 7.96. The number of nitrogens with one attached hydrogen (secondary N) is 1. The summed E-state index contributed by atoms with van der Waals surface area (Å²) < 4.78 is 18.6. The van der Waals surface area contributed by atoms with E-state index in [0.717, 1.165) is 5.69 Å². The van der Waals surface area contributed by atoms with Gasteiger partial charge < -0.3 is 15.0 Å². The molecule has 1 aromatic carbocycles. The van der Waals surface area contributed by atoms with E-state index in [1.807, 2.05) is 18.2 Å². The number of halogens is 1. The monoisotopic (exact) mass is 343 g/mol. The summed E-state index contributed by atoms with van der Waals surface area (Å²) in [5.74, 6) is -1.07. The first kappa shape index (κ1) is 16.9. The molecule has 7 heteroatoms. The number of benzene rings is 1. The molecule has 25 heavy (non-hydrogen) atoms. The van der Waals surface area contributed by atoms with Gasteiger partial charge in [0.25, 0.3) is 5.91 Å². The minimum atomic E-state index is -0.509. The molecule has 0 bridgehead atoms. The van der Waals surface area contributed by atoms with Gasteiger partial charge in [0.1, 0.15) is 0 Å². The lowest BCUT2D eigenvalue weighted by Gasteiger charge is -2.38. The van der Waals surface area contributed by atoms with Gasteiger partial charge in [0.15, 0.2) is 18.2 Å². The fraction of sp³-hybridized carbons (Fsp3) is 0.278. The Morgan fingerprint density at radius 1 is 1.20 bits per heavy atom. The number of aromatic nitrogens is 1. The van der Waals surface area contributed by atoms with Crippen molar-refractivity contribution < 1.29 is 18.7 Å². The molecule has 0 radical (unpaired) electrons. The molecule has 0 unspecified atom stereocenters. The van der Waals surface area contributed by atoms with Crippen LogP contribution in [0.3, 0.4) is 0 Å². The van der Waals surface area contributed by atoms with Crippen molar-refractivity contribution >= 4 is 11.8 Å². The highest BCUT2D eigenvalue weighted by Gasteiger charge is 2.35. The molecule has 2 heterocycles. The average molecular weight is 343 g/mol. The van der Waals surface area contributed by atoms with E-state index < -0.39 is 5.82 Å². The van der Waals surface area contributed by atoms with E-state index in [2.05, 4.69) is 10.3 Å². The van der Waals surface area contributed by atoms with Crippen LogP contribution in [0.5, 0.6) is 5.75 Å². The van der Waals surface area contributed by atoms with Crippen molar-refractivity contribution in [3.8, 4) is 5.75 Å². The van der Waals surface area contributed by atoms with E-state index >= 15 is 0 Å². The van der Waals surface area contributed by atoms with Crippen molar-refractivity contribution in [2.45, 2.75) is 6.54 Å². The van der Waals surface area contributed by atoms with Crippen molar-refractivity contribution in [2.24, 2.45) is 5.92 Å². The van der Waals surface area contributed by atoms with Gasteiger partial charge in [-0.2, -0.15) is 0 Å². The number of amides is 2. The Labute approximate surface area is 144 Å². The number of hydrogen-bond acceptors (Lipinski definition) is 4. The molecule has 1 aliphatic rings. The van der Waals surface area contributed by atoms with Crippen molar-refractivity contribution in [3.63, 3.8) is 0 Å². The smallest absolute Gasteiger partial charge is 0.260 e. The summed E-state index contributed by atoms with van der Waals surface area (Å²) in [7, 11) is 0. The van der Waals surface area contributed by atoms with Gasteiger partial charge in [-0.3, -0.25) is 14.6 Å². The zero-order valence-electron chi connectivity index (χ0n) is 13.5. The van der Waals surface area contributed by atoms with Crippen molar-refractivity contribution in [2.75, 3.05) is 19.7 Å². The number of rotatable bonds is 6. The minimum Gasteiger partial charge on any atom is -0.481 e. The topological polar surface area (TPSA) is 71.5 Å². The first-order valence-corrected chi connectivity index (χ1v) is 7.96. The molecule has 1 fully saturated rings. The molecule has 130 valence electrons. The lowest BCUT2D eigenvalue weighted by Crippen LogP contribution is -2.56. The summed E-state index contributed by atoms with van der Waals surface area (Å²) in [6.07, 6.45) is 1.67. The summed E-state index contributed by atoms with van der Waals surface area (Å²) in [6.45, 7) is 0.796. The SMILES string of the molecule is O=C(NCc1ccccn1)C1CN(C(=O)COc2ccccc2F)C1. The van der Waals surface area contributed by atoms with Crippen LogP contribution in [0.4, 0.5) is 4.39 Å². The van der Waals surface area contributed by atoms with Crippen LogP contribution in [-0.4, -0.2) is 41.4 Å². The van der Waals surface area contributed by atoms with Crippen molar-refractivity contribution in [1.29, 1.82) is 0 Å². The second-order valence-corrected chi connectivity index (χ2v) is 5.75. The van der Waals surface area contributed by atoms with Crippen LogP contribution < -0.4 is 10.1 Å². The van der Waals surface area contributed by atoms with Crippen molar-refractivity contribution in [3.05, 3.63) is 60.2 Å².